The number of hydrogen-bond acceptors (Lipinski definition) is 3. The van der Waals surface area contributed by atoms with Crippen LogP contribution in [0.4, 0.5) is 0 Å². The predicted octanol–water partition coefficient (Wildman–Crippen LogP) is 3.06. The standard InChI is InChI=1S/C10H9ClO2S/c1-13-10-6(5-12)2-3-8-7(10)4-9(11)14-8/h2-4,12H,5H2,1H3. The summed E-state index contributed by atoms with van der Waals surface area (Å²) in [6.07, 6.45) is 0. The van der Waals surface area contributed by atoms with Gasteiger partial charge in [0.25, 0.3) is 0 Å². The van der Waals surface area contributed by atoms with E-state index < -0.39 is 0 Å². The zero-order valence-electron chi connectivity index (χ0n) is 7.58. The molecule has 14 heavy (non-hydrogen) atoms. The minimum absolute atomic E-state index is 0.0213. The summed E-state index contributed by atoms with van der Waals surface area (Å²) >= 11 is 7.41. The minimum atomic E-state index is -0.0213. The highest BCUT2D eigenvalue weighted by atomic mass is 35.5. The third-order valence-corrected chi connectivity index (χ3v) is 3.31. The molecule has 2 rings (SSSR count). The Bertz CT molecular complexity index is 464. The molecule has 0 aliphatic heterocycles. The van der Waals surface area contributed by atoms with E-state index in [1.165, 1.54) is 11.3 Å². The van der Waals surface area contributed by atoms with Crippen LogP contribution in [-0.4, -0.2) is 12.2 Å². The first kappa shape index (κ1) is 9.77. The van der Waals surface area contributed by atoms with Crippen molar-refractivity contribution in [2.45, 2.75) is 6.61 Å². The molecular formula is C10H9ClO2S. The molecule has 0 atom stereocenters. The molecule has 2 nitrogen and oxygen atoms in total. The monoisotopic (exact) mass is 228 g/mol. The van der Waals surface area contributed by atoms with Crippen molar-refractivity contribution in [3.05, 3.63) is 28.1 Å². The Morgan fingerprint density at radius 3 is 2.93 bits per heavy atom. The number of thiophene rings is 1. The Kier molecular flexibility index (Phi) is 2.63. The summed E-state index contributed by atoms with van der Waals surface area (Å²) in [5, 5.41) is 10.1. The molecule has 1 N–H and O–H groups in total. The molecule has 0 bridgehead atoms. The number of ether oxygens (including phenoxy) is 1. The summed E-state index contributed by atoms with van der Waals surface area (Å²) in [6.45, 7) is -0.0213. The van der Waals surface area contributed by atoms with Crippen LogP contribution in [0.2, 0.25) is 4.34 Å². The summed E-state index contributed by atoms with van der Waals surface area (Å²) in [5.74, 6) is 0.716. The topological polar surface area (TPSA) is 29.5 Å². The molecule has 2 aromatic rings. The fourth-order valence-electron chi connectivity index (χ4n) is 1.47. The third kappa shape index (κ3) is 1.47. The predicted molar refractivity (Wildman–Crippen MR) is 59.3 cm³/mol. The van der Waals surface area contributed by atoms with Crippen LogP contribution in [0.15, 0.2) is 18.2 Å². The van der Waals surface area contributed by atoms with Gasteiger partial charge in [0.05, 0.1) is 18.1 Å². The lowest BCUT2D eigenvalue weighted by Gasteiger charge is -2.06. The zero-order valence-corrected chi connectivity index (χ0v) is 9.15. The van der Waals surface area contributed by atoms with Gasteiger partial charge in [0, 0.05) is 15.6 Å². The van der Waals surface area contributed by atoms with E-state index >= 15 is 0 Å². The Hall–Kier alpha value is -0.770. The molecule has 0 spiro atoms. The van der Waals surface area contributed by atoms with Crippen LogP contribution in [0, 0.1) is 0 Å². The number of halogens is 1. The SMILES string of the molecule is COc1c(CO)ccc2sc(Cl)cc12. The summed E-state index contributed by atoms with van der Waals surface area (Å²) < 4.78 is 7.05. The molecule has 4 heteroatoms. The lowest BCUT2D eigenvalue weighted by atomic mass is 10.1. The number of hydrogen-bond donors (Lipinski definition) is 1. The molecule has 0 saturated heterocycles. The molecular weight excluding hydrogens is 220 g/mol. The smallest absolute Gasteiger partial charge is 0.133 e. The molecule has 0 radical (unpaired) electrons. The van der Waals surface area contributed by atoms with Crippen LogP contribution in [0.5, 0.6) is 5.75 Å². The Morgan fingerprint density at radius 1 is 1.50 bits per heavy atom. The lowest BCUT2D eigenvalue weighted by molar-refractivity contribution is 0.274. The van der Waals surface area contributed by atoms with Crippen molar-refractivity contribution in [1.29, 1.82) is 0 Å². The molecule has 1 aromatic heterocycles. The first-order valence-electron chi connectivity index (χ1n) is 4.12. The molecule has 0 fully saturated rings. The molecule has 0 unspecified atom stereocenters. The van der Waals surface area contributed by atoms with Crippen LogP contribution in [0.3, 0.4) is 0 Å². The van der Waals surface area contributed by atoms with Crippen molar-refractivity contribution >= 4 is 33.0 Å². The number of fused-ring (bicyclic) bond motifs is 1. The van der Waals surface area contributed by atoms with E-state index in [1.807, 2.05) is 18.2 Å². The number of aliphatic hydroxyl groups is 1. The third-order valence-electron chi connectivity index (χ3n) is 2.08. The van der Waals surface area contributed by atoms with Gasteiger partial charge in [-0.05, 0) is 12.1 Å². The largest absolute Gasteiger partial charge is 0.496 e. The molecule has 1 aromatic carbocycles. The van der Waals surface area contributed by atoms with Crippen molar-refractivity contribution in [3.63, 3.8) is 0 Å². The number of benzene rings is 1. The molecule has 0 aliphatic rings. The van der Waals surface area contributed by atoms with Crippen molar-refractivity contribution in [2.75, 3.05) is 7.11 Å². The van der Waals surface area contributed by atoms with E-state index in [9.17, 15) is 0 Å². The van der Waals surface area contributed by atoms with E-state index in [1.54, 1.807) is 7.11 Å². The summed E-state index contributed by atoms with van der Waals surface area (Å²) in [7, 11) is 1.60. The first-order chi connectivity index (χ1) is 6.76. The zero-order chi connectivity index (χ0) is 10.1. The van der Waals surface area contributed by atoms with E-state index in [0.29, 0.717) is 5.75 Å². The maximum absolute atomic E-state index is 9.11. The van der Waals surface area contributed by atoms with Crippen LogP contribution in [0.1, 0.15) is 5.56 Å². The van der Waals surface area contributed by atoms with E-state index in [-0.39, 0.29) is 6.61 Å². The Balaban J connectivity index is 2.75. The number of methoxy groups -OCH3 is 1. The maximum Gasteiger partial charge on any atom is 0.133 e. The van der Waals surface area contributed by atoms with Crippen LogP contribution >= 0.6 is 22.9 Å². The highest BCUT2D eigenvalue weighted by molar-refractivity contribution is 7.22. The van der Waals surface area contributed by atoms with Crippen molar-refractivity contribution in [1.82, 2.24) is 0 Å². The van der Waals surface area contributed by atoms with Gasteiger partial charge in [0.15, 0.2) is 0 Å². The van der Waals surface area contributed by atoms with Gasteiger partial charge in [-0.1, -0.05) is 17.7 Å². The van der Waals surface area contributed by atoms with Crippen molar-refractivity contribution in [3.8, 4) is 5.75 Å². The molecule has 0 aliphatic carbocycles. The number of aliphatic hydroxyl groups excluding tert-OH is 1. The average molecular weight is 229 g/mol. The summed E-state index contributed by atoms with van der Waals surface area (Å²) in [6, 6.07) is 5.66. The van der Waals surface area contributed by atoms with Gasteiger partial charge < -0.3 is 9.84 Å². The summed E-state index contributed by atoms with van der Waals surface area (Å²) in [5.41, 5.74) is 0.787. The second-order valence-corrected chi connectivity index (χ2v) is 4.59. The summed E-state index contributed by atoms with van der Waals surface area (Å²) in [4.78, 5) is 0. The van der Waals surface area contributed by atoms with Crippen LogP contribution in [0.25, 0.3) is 10.1 Å². The first-order valence-corrected chi connectivity index (χ1v) is 5.31. The molecule has 0 saturated carbocycles. The van der Waals surface area contributed by atoms with E-state index in [2.05, 4.69) is 0 Å². The van der Waals surface area contributed by atoms with Crippen LogP contribution < -0.4 is 4.74 Å². The molecule has 1 heterocycles. The minimum Gasteiger partial charge on any atom is -0.496 e. The van der Waals surface area contributed by atoms with Crippen LogP contribution in [-0.2, 0) is 6.61 Å². The fraction of sp³-hybridized carbons (Fsp3) is 0.200. The van der Waals surface area contributed by atoms with Gasteiger partial charge in [-0.25, -0.2) is 0 Å². The fourth-order valence-corrected chi connectivity index (χ4v) is 2.61. The highest BCUT2D eigenvalue weighted by Crippen LogP contribution is 2.37. The number of rotatable bonds is 2. The van der Waals surface area contributed by atoms with Crippen molar-refractivity contribution in [2.24, 2.45) is 0 Å². The Labute approximate surface area is 90.7 Å². The van der Waals surface area contributed by atoms with E-state index in [0.717, 1.165) is 20.0 Å². The van der Waals surface area contributed by atoms with Crippen molar-refractivity contribution < 1.29 is 9.84 Å². The van der Waals surface area contributed by atoms with Gasteiger partial charge in [-0.15, -0.1) is 11.3 Å². The molecule has 0 amide bonds. The highest BCUT2D eigenvalue weighted by Gasteiger charge is 2.09. The van der Waals surface area contributed by atoms with Gasteiger partial charge in [0.2, 0.25) is 0 Å². The van der Waals surface area contributed by atoms with Gasteiger partial charge in [-0.2, -0.15) is 0 Å². The van der Waals surface area contributed by atoms with Gasteiger partial charge >= 0.3 is 0 Å². The lowest BCUT2D eigenvalue weighted by Crippen LogP contribution is -1.91. The second kappa shape index (κ2) is 3.77. The maximum atomic E-state index is 9.11. The Morgan fingerprint density at radius 2 is 2.29 bits per heavy atom. The average Bonchev–Trinajstić information content (AvgIpc) is 2.56. The second-order valence-electron chi connectivity index (χ2n) is 2.88. The normalized spacial score (nSPS) is 10.8. The van der Waals surface area contributed by atoms with Gasteiger partial charge in [0.1, 0.15) is 5.75 Å². The van der Waals surface area contributed by atoms with Gasteiger partial charge in [-0.3, -0.25) is 0 Å². The van der Waals surface area contributed by atoms with E-state index in [4.69, 9.17) is 21.4 Å². The quantitative estimate of drug-likeness (QED) is 0.856. The molecule has 74 valence electrons.